The van der Waals surface area contributed by atoms with E-state index in [-0.39, 0.29) is 5.41 Å². The molecule has 4 nitrogen and oxygen atoms in total. The summed E-state index contributed by atoms with van der Waals surface area (Å²) in [6, 6.07) is 3.64. The number of pyridine rings is 1. The number of aromatic nitrogens is 1. The Balaban J connectivity index is 2.10. The van der Waals surface area contributed by atoms with E-state index >= 15 is 0 Å². The van der Waals surface area contributed by atoms with Crippen LogP contribution in [0.1, 0.15) is 25.3 Å². The van der Waals surface area contributed by atoms with Crippen LogP contribution in [0.2, 0.25) is 0 Å². The van der Waals surface area contributed by atoms with Crippen molar-refractivity contribution in [1.82, 2.24) is 10.3 Å². The molecule has 1 aliphatic rings. The molecular weight excluding hydrogens is 214 g/mol. The molecule has 1 atom stereocenters. The molecule has 1 saturated heterocycles. The molecule has 92 valence electrons. The summed E-state index contributed by atoms with van der Waals surface area (Å²) in [5.41, 5.74) is 6.41. The van der Waals surface area contributed by atoms with Crippen LogP contribution in [-0.2, 0) is 11.2 Å². The molecule has 1 aliphatic heterocycles. The number of carbonyl (C=O) groups excluding carboxylic acids is 1. The van der Waals surface area contributed by atoms with Crippen molar-refractivity contribution in [2.75, 3.05) is 18.8 Å². The second-order valence-corrected chi connectivity index (χ2v) is 4.75. The van der Waals surface area contributed by atoms with Crippen LogP contribution in [0.25, 0.3) is 0 Å². The van der Waals surface area contributed by atoms with Crippen molar-refractivity contribution >= 4 is 11.6 Å². The Morgan fingerprint density at radius 2 is 2.47 bits per heavy atom. The summed E-state index contributed by atoms with van der Waals surface area (Å²) in [7, 11) is 0. The number of carbonyl (C=O) groups is 1. The zero-order valence-corrected chi connectivity index (χ0v) is 10.2. The van der Waals surface area contributed by atoms with Gasteiger partial charge >= 0.3 is 0 Å². The largest absolute Gasteiger partial charge is 0.384 e. The van der Waals surface area contributed by atoms with Gasteiger partial charge in [0.2, 0.25) is 0 Å². The fourth-order valence-corrected chi connectivity index (χ4v) is 2.46. The molecule has 0 saturated carbocycles. The Hall–Kier alpha value is -1.42. The fraction of sp³-hybridized carbons (Fsp3) is 0.538. The topological polar surface area (TPSA) is 68.0 Å². The molecule has 3 N–H and O–H groups in total. The van der Waals surface area contributed by atoms with Gasteiger partial charge < -0.3 is 11.1 Å². The lowest BCUT2D eigenvalue weighted by Crippen LogP contribution is -2.34. The first-order chi connectivity index (χ1) is 8.16. The average Bonchev–Trinajstić information content (AvgIpc) is 2.78. The molecule has 4 heteroatoms. The number of hydrogen-bond acceptors (Lipinski definition) is 4. The summed E-state index contributed by atoms with van der Waals surface area (Å²) < 4.78 is 0. The molecule has 1 unspecified atom stereocenters. The quantitative estimate of drug-likeness (QED) is 0.819. The molecule has 0 spiro atoms. The van der Waals surface area contributed by atoms with E-state index in [1.165, 1.54) is 0 Å². The predicted molar refractivity (Wildman–Crippen MR) is 67.6 cm³/mol. The zero-order valence-electron chi connectivity index (χ0n) is 10.2. The van der Waals surface area contributed by atoms with Gasteiger partial charge in [0.1, 0.15) is 11.6 Å². The Morgan fingerprint density at radius 3 is 3.06 bits per heavy atom. The minimum Gasteiger partial charge on any atom is -0.384 e. The number of rotatable bonds is 4. The Kier molecular flexibility index (Phi) is 3.43. The molecule has 1 fully saturated rings. The maximum Gasteiger partial charge on any atom is 0.144 e. The number of nitrogens with zero attached hydrogens (tertiary/aromatic N) is 1. The molecular formula is C13H19N3O. The number of hydrogen-bond donors (Lipinski definition) is 2. The number of nitrogens with two attached hydrogens (primary N) is 1. The van der Waals surface area contributed by atoms with Gasteiger partial charge in [0, 0.05) is 24.6 Å². The van der Waals surface area contributed by atoms with Crippen molar-refractivity contribution in [1.29, 1.82) is 0 Å². The number of nitrogen functional groups attached to an aromatic ring is 1. The van der Waals surface area contributed by atoms with Crippen molar-refractivity contribution < 1.29 is 4.79 Å². The molecule has 0 aromatic carbocycles. The number of Topliss-reactive ketones (excluding diaryl/α,β-unsaturated/α-hetero) is 1. The third-order valence-corrected chi connectivity index (χ3v) is 3.72. The van der Waals surface area contributed by atoms with E-state index in [9.17, 15) is 4.79 Å². The summed E-state index contributed by atoms with van der Waals surface area (Å²) in [6.45, 7) is 3.84. The zero-order chi connectivity index (χ0) is 12.3. The van der Waals surface area contributed by atoms with Crippen LogP contribution in [0.15, 0.2) is 18.3 Å². The normalized spacial score (nSPS) is 23.8. The summed E-state index contributed by atoms with van der Waals surface area (Å²) >= 11 is 0. The van der Waals surface area contributed by atoms with E-state index in [1.807, 2.05) is 6.07 Å². The lowest BCUT2D eigenvalue weighted by Gasteiger charge is -2.24. The second kappa shape index (κ2) is 4.84. The standard InChI is InChI=1S/C13H19N3O/c1-2-13(4-6-15-9-13)11(17)7-10-3-5-16-12(14)8-10/h3,5,8,15H,2,4,6-7,9H2,1H3,(H2,14,16). The van der Waals surface area contributed by atoms with Gasteiger partial charge in [0.05, 0.1) is 0 Å². The van der Waals surface area contributed by atoms with Gasteiger partial charge in [-0.05, 0) is 37.1 Å². The van der Waals surface area contributed by atoms with Crippen molar-refractivity contribution in [3.63, 3.8) is 0 Å². The summed E-state index contributed by atoms with van der Waals surface area (Å²) in [5, 5.41) is 3.28. The smallest absolute Gasteiger partial charge is 0.144 e. The van der Waals surface area contributed by atoms with Crippen molar-refractivity contribution in [3.05, 3.63) is 23.9 Å². The molecule has 2 rings (SSSR count). The third-order valence-electron chi connectivity index (χ3n) is 3.72. The molecule has 17 heavy (non-hydrogen) atoms. The van der Waals surface area contributed by atoms with Crippen LogP contribution in [0.4, 0.5) is 5.82 Å². The number of nitrogens with one attached hydrogen (secondary N) is 1. The minimum absolute atomic E-state index is 0.169. The summed E-state index contributed by atoms with van der Waals surface area (Å²) in [4.78, 5) is 16.3. The van der Waals surface area contributed by atoms with Crippen LogP contribution in [0.5, 0.6) is 0 Å². The van der Waals surface area contributed by atoms with Crippen molar-refractivity contribution in [3.8, 4) is 0 Å². The molecule has 1 aromatic heterocycles. The lowest BCUT2D eigenvalue weighted by molar-refractivity contribution is -0.127. The Labute approximate surface area is 102 Å². The molecule has 0 amide bonds. The van der Waals surface area contributed by atoms with Gasteiger partial charge in [-0.1, -0.05) is 6.92 Å². The summed E-state index contributed by atoms with van der Waals surface area (Å²) in [5.74, 6) is 0.793. The fourth-order valence-electron chi connectivity index (χ4n) is 2.46. The van der Waals surface area contributed by atoms with Gasteiger partial charge in [0.15, 0.2) is 0 Å². The monoisotopic (exact) mass is 233 g/mol. The van der Waals surface area contributed by atoms with Crippen LogP contribution in [0.3, 0.4) is 0 Å². The van der Waals surface area contributed by atoms with E-state index in [2.05, 4.69) is 17.2 Å². The van der Waals surface area contributed by atoms with Crippen LogP contribution >= 0.6 is 0 Å². The highest BCUT2D eigenvalue weighted by atomic mass is 16.1. The maximum absolute atomic E-state index is 12.4. The van der Waals surface area contributed by atoms with E-state index in [4.69, 9.17) is 5.73 Å². The van der Waals surface area contributed by atoms with Crippen LogP contribution in [0, 0.1) is 5.41 Å². The van der Waals surface area contributed by atoms with E-state index in [1.54, 1.807) is 12.3 Å². The second-order valence-electron chi connectivity index (χ2n) is 4.75. The summed E-state index contributed by atoms with van der Waals surface area (Å²) in [6.07, 6.45) is 3.97. The van der Waals surface area contributed by atoms with Crippen molar-refractivity contribution in [2.45, 2.75) is 26.2 Å². The van der Waals surface area contributed by atoms with Crippen molar-refractivity contribution in [2.24, 2.45) is 5.41 Å². The highest BCUT2D eigenvalue weighted by Gasteiger charge is 2.38. The molecule has 0 aliphatic carbocycles. The maximum atomic E-state index is 12.4. The predicted octanol–water partition coefficient (Wildman–Crippen LogP) is 1.17. The van der Waals surface area contributed by atoms with E-state index in [0.717, 1.165) is 31.5 Å². The lowest BCUT2D eigenvalue weighted by atomic mass is 9.78. The molecule has 2 heterocycles. The highest BCUT2D eigenvalue weighted by Crippen LogP contribution is 2.31. The first kappa shape index (κ1) is 12.0. The van der Waals surface area contributed by atoms with Gasteiger partial charge in [-0.25, -0.2) is 4.98 Å². The van der Waals surface area contributed by atoms with Gasteiger partial charge in [-0.2, -0.15) is 0 Å². The number of anilines is 1. The Bertz CT molecular complexity index is 411. The van der Waals surface area contributed by atoms with Crippen LogP contribution in [-0.4, -0.2) is 23.9 Å². The molecule has 0 radical (unpaired) electrons. The first-order valence-electron chi connectivity index (χ1n) is 6.11. The highest BCUT2D eigenvalue weighted by molar-refractivity contribution is 5.87. The van der Waals surface area contributed by atoms with Gasteiger partial charge in [0.25, 0.3) is 0 Å². The molecule has 0 bridgehead atoms. The van der Waals surface area contributed by atoms with Crippen LogP contribution < -0.4 is 11.1 Å². The SMILES string of the molecule is CCC1(C(=O)Cc2ccnc(N)c2)CCNC1. The van der Waals surface area contributed by atoms with E-state index in [0.29, 0.717) is 18.0 Å². The first-order valence-corrected chi connectivity index (χ1v) is 6.11. The van der Waals surface area contributed by atoms with Gasteiger partial charge in [-0.3, -0.25) is 4.79 Å². The third kappa shape index (κ3) is 2.47. The molecule has 1 aromatic rings. The van der Waals surface area contributed by atoms with E-state index < -0.39 is 0 Å². The minimum atomic E-state index is -0.169. The number of ketones is 1. The Morgan fingerprint density at radius 1 is 1.65 bits per heavy atom. The average molecular weight is 233 g/mol. The van der Waals surface area contributed by atoms with Gasteiger partial charge in [-0.15, -0.1) is 0 Å².